The molecule has 0 bridgehead atoms. The van der Waals surface area contributed by atoms with E-state index in [-0.39, 0.29) is 5.69 Å². The summed E-state index contributed by atoms with van der Waals surface area (Å²) in [5.74, 6) is -0.820. The highest BCUT2D eigenvalue weighted by atomic mass is 16.6. The highest BCUT2D eigenvalue weighted by molar-refractivity contribution is 6.30. The number of imide groups is 1. The van der Waals surface area contributed by atoms with Gasteiger partial charge in [-0.15, -0.1) is 0 Å². The van der Waals surface area contributed by atoms with Crippen molar-refractivity contribution in [3.05, 3.63) is 45.5 Å². The van der Waals surface area contributed by atoms with Crippen LogP contribution in [0.5, 0.6) is 0 Å². The molecule has 18 heavy (non-hydrogen) atoms. The van der Waals surface area contributed by atoms with Crippen LogP contribution in [0.2, 0.25) is 0 Å². The SMILES string of the molecule is CC1=CC(=O)N(c2ccc([N+](=O)[O-])c(C)c2)C1=O. The minimum atomic E-state index is -0.504. The largest absolute Gasteiger partial charge is 0.272 e. The summed E-state index contributed by atoms with van der Waals surface area (Å²) in [4.78, 5) is 34.6. The number of benzene rings is 1. The molecule has 1 aliphatic rings. The molecule has 0 aromatic heterocycles. The van der Waals surface area contributed by atoms with Gasteiger partial charge in [-0.3, -0.25) is 19.7 Å². The third kappa shape index (κ3) is 1.77. The predicted molar refractivity (Wildman–Crippen MR) is 64.1 cm³/mol. The van der Waals surface area contributed by atoms with Crippen molar-refractivity contribution in [2.24, 2.45) is 0 Å². The van der Waals surface area contributed by atoms with Crippen LogP contribution in [0.4, 0.5) is 11.4 Å². The summed E-state index contributed by atoms with van der Waals surface area (Å²) < 4.78 is 0. The Bertz CT molecular complexity index is 604. The Morgan fingerprint density at radius 3 is 2.33 bits per heavy atom. The van der Waals surface area contributed by atoms with Gasteiger partial charge >= 0.3 is 0 Å². The molecule has 0 saturated carbocycles. The third-order valence-corrected chi connectivity index (χ3v) is 2.74. The molecule has 2 amide bonds. The van der Waals surface area contributed by atoms with Crippen molar-refractivity contribution in [2.45, 2.75) is 13.8 Å². The van der Waals surface area contributed by atoms with E-state index in [0.29, 0.717) is 16.8 Å². The highest BCUT2D eigenvalue weighted by Gasteiger charge is 2.30. The van der Waals surface area contributed by atoms with Crippen molar-refractivity contribution in [1.82, 2.24) is 0 Å². The molecular formula is C12H10N2O4. The van der Waals surface area contributed by atoms with Gasteiger partial charge in [0, 0.05) is 23.3 Å². The first-order valence-electron chi connectivity index (χ1n) is 5.23. The Morgan fingerprint density at radius 2 is 1.89 bits per heavy atom. The molecule has 2 rings (SSSR count). The van der Waals surface area contributed by atoms with E-state index in [1.54, 1.807) is 13.8 Å². The van der Waals surface area contributed by atoms with E-state index >= 15 is 0 Å². The first-order chi connectivity index (χ1) is 8.41. The van der Waals surface area contributed by atoms with E-state index in [9.17, 15) is 19.7 Å². The van der Waals surface area contributed by atoms with Crippen molar-refractivity contribution >= 4 is 23.2 Å². The average Bonchev–Trinajstić information content (AvgIpc) is 2.52. The number of anilines is 1. The molecule has 0 unspecified atom stereocenters. The van der Waals surface area contributed by atoms with Gasteiger partial charge in [0.1, 0.15) is 0 Å². The molecule has 0 aliphatic carbocycles. The number of rotatable bonds is 2. The minimum Gasteiger partial charge on any atom is -0.269 e. The zero-order chi connectivity index (χ0) is 13.4. The first kappa shape index (κ1) is 12.0. The van der Waals surface area contributed by atoms with Crippen LogP contribution in [0.15, 0.2) is 29.8 Å². The molecule has 0 saturated heterocycles. The zero-order valence-corrected chi connectivity index (χ0v) is 9.84. The number of carbonyl (C=O) groups is 2. The molecule has 0 atom stereocenters. The Morgan fingerprint density at radius 1 is 1.22 bits per heavy atom. The monoisotopic (exact) mass is 246 g/mol. The molecule has 0 fully saturated rings. The van der Waals surface area contributed by atoms with Gasteiger partial charge in [0.2, 0.25) is 0 Å². The van der Waals surface area contributed by atoms with Crippen LogP contribution in [-0.2, 0) is 9.59 Å². The lowest BCUT2D eigenvalue weighted by molar-refractivity contribution is -0.385. The van der Waals surface area contributed by atoms with Crippen LogP contribution in [0.25, 0.3) is 0 Å². The molecule has 92 valence electrons. The minimum absolute atomic E-state index is 0.0393. The molecule has 6 heteroatoms. The van der Waals surface area contributed by atoms with Crippen molar-refractivity contribution < 1.29 is 14.5 Å². The van der Waals surface area contributed by atoms with Gasteiger partial charge in [0.15, 0.2) is 0 Å². The summed E-state index contributed by atoms with van der Waals surface area (Å²) in [5, 5.41) is 10.7. The maximum absolute atomic E-state index is 11.7. The first-order valence-corrected chi connectivity index (χ1v) is 5.23. The van der Waals surface area contributed by atoms with Gasteiger partial charge < -0.3 is 0 Å². The number of carbonyl (C=O) groups excluding carboxylic acids is 2. The Balaban J connectivity index is 2.43. The molecule has 1 aromatic carbocycles. The molecule has 1 aromatic rings. The Kier molecular flexibility index (Phi) is 2.70. The van der Waals surface area contributed by atoms with Crippen LogP contribution in [0.1, 0.15) is 12.5 Å². The van der Waals surface area contributed by atoms with Crippen molar-refractivity contribution in [1.29, 1.82) is 0 Å². The smallest absolute Gasteiger partial charge is 0.269 e. The molecule has 0 spiro atoms. The van der Waals surface area contributed by atoms with Crippen molar-refractivity contribution in [3.8, 4) is 0 Å². The second kappa shape index (κ2) is 4.06. The molecular weight excluding hydrogens is 236 g/mol. The average molecular weight is 246 g/mol. The van der Waals surface area contributed by atoms with Gasteiger partial charge in [-0.05, 0) is 26.0 Å². The number of amides is 2. The van der Waals surface area contributed by atoms with Gasteiger partial charge in [-0.25, -0.2) is 4.90 Å². The second-order valence-corrected chi connectivity index (χ2v) is 4.03. The van der Waals surface area contributed by atoms with E-state index in [0.717, 1.165) is 4.90 Å². The summed E-state index contributed by atoms with van der Waals surface area (Å²) in [5.41, 5.74) is 1.07. The lowest BCUT2D eigenvalue weighted by atomic mass is 10.1. The lowest BCUT2D eigenvalue weighted by Crippen LogP contribution is -2.30. The molecule has 6 nitrogen and oxygen atoms in total. The van der Waals surface area contributed by atoms with E-state index in [1.807, 2.05) is 0 Å². The quantitative estimate of drug-likeness (QED) is 0.452. The van der Waals surface area contributed by atoms with Crippen LogP contribution < -0.4 is 4.90 Å². The van der Waals surface area contributed by atoms with Gasteiger partial charge in [-0.1, -0.05) is 0 Å². The van der Waals surface area contributed by atoms with E-state index in [2.05, 4.69) is 0 Å². The number of hydrogen-bond acceptors (Lipinski definition) is 4. The Labute approximate surface area is 103 Å². The predicted octanol–water partition coefficient (Wildman–Crippen LogP) is 1.72. The van der Waals surface area contributed by atoms with Crippen LogP contribution in [0, 0.1) is 17.0 Å². The summed E-state index contributed by atoms with van der Waals surface area (Å²) in [6.07, 6.45) is 1.25. The van der Waals surface area contributed by atoms with Crippen LogP contribution >= 0.6 is 0 Å². The van der Waals surface area contributed by atoms with Crippen molar-refractivity contribution in [3.63, 3.8) is 0 Å². The third-order valence-electron chi connectivity index (χ3n) is 2.74. The van der Waals surface area contributed by atoms with Crippen LogP contribution in [0.3, 0.4) is 0 Å². The zero-order valence-electron chi connectivity index (χ0n) is 9.84. The maximum atomic E-state index is 11.7. The number of nitrogens with zero attached hydrogens (tertiary/aromatic N) is 2. The summed E-state index contributed by atoms with van der Waals surface area (Å²) in [6, 6.07) is 4.15. The normalized spacial score (nSPS) is 15.0. The van der Waals surface area contributed by atoms with E-state index in [1.165, 1.54) is 24.3 Å². The van der Waals surface area contributed by atoms with Crippen molar-refractivity contribution in [2.75, 3.05) is 4.90 Å². The molecule has 1 aliphatic heterocycles. The number of aryl methyl sites for hydroxylation is 1. The molecule has 1 heterocycles. The molecule has 0 N–H and O–H groups in total. The number of nitro benzene ring substituents is 1. The van der Waals surface area contributed by atoms with Crippen LogP contribution in [-0.4, -0.2) is 16.7 Å². The van der Waals surface area contributed by atoms with E-state index in [4.69, 9.17) is 0 Å². The van der Waals surface area contributed by atoms with E-state index < -0.39 is 16.7 Å². The highest BCUT2D eigenvalue weighted by Crippen LogP contribution is 2.27. The standard InChI is InChI=1S/C12H10N2O4/c1-7-5-9(3-4-10(7)14(17)18)13-11(15)6-8(2)12(13)16/h3-6H,1-2H3. The fourth-order valence-corrected chi connectivity index (χ4v) is 1.82. The topological polar surface area (TPSA) is 80.5 Å². The number of hydrogen-bond donors (Lipinski definition) is 0. The summed E-state index contributed by atoms with van der Waals surface area (Å²) in [6.45, 7) is 3.12. The maximum Gasteiger partial charge on any atom is 0.272 e. The lowest BCUT2D eigenvalue weighted by Gasteiger charge is -2.14. The fraction of sp³-hybridized carbons (Fsp3) is 0.167. The summed E-state index contributed by atoms with van der Waals surface area (Å²) in [7, 11) is 0. The number of nitro groups is 1. The fourth-order valence-electron chi connectivity index (χ4n) is 1.82. The molecule has 0 radical (unpaired) electrons. The summed E-state index contributed by atoms with van der Waals surface area (Å²) >= 11 is 0. The van der Waals surface area contributed by atoms with Gasteiger partial charge in [0.25, 0.3) is 17.5 Å². The van der Waals surface area contributed by atoms with Gasteiger partial charge in [0.05, 0.1) is 10.6 Å². The Hall–Kier alpha value is -2.50. The second-order valence-electron chi connectivity index (χ2n) is 4.03. The van der Waals surface area contributed by atoms with Gasteiger partial charge in [-0.2, -0.15) is 0 Å².